The summed E-state index contributed by atoms with van der Waals surface area (Å²) in [5.41, 5.74) is 0.520. The molecule has 16 heavy (non-hydrogen) atoms. The van der Waals surface area contributed by atoms with Crippen LogP contribution in [0.5, 0.6) is 0 Å². The SMILES string of the molecule is CCCN(CCBr)C(=O)c1ccncc1Cl. The van der Waals surface area contributed by atoms with E-state index in [1.807, 2.05) is 6.92 Å². The molecule has 0 aliphatic carbocycles. The second-order valence-corrected chi connectivity index (χ2v) is 4.54. The fourth-order valence-corrected chi connectivity index (χ4v) is 2.03. The fourth-order valence-electron chi connectivity index (χ4n) is 1.41. The maximum absolute atomic E-state index is 12.1. The summed E-state index contributed by atoms with van der Waals surface area (Å²) in [5, 5.41) is 1.17. The van der Waals surface area contributed by atoms with Crippen molar-refractivity contribution in [1.29, 1.82) is 0 Å². The van der Waals surface area contributed by atoms with E-state index in [1.165, 1.54) is 6.20 Å². The molecule has 1 amide bonds. The normalized spacial score (nSPS) is 10.2. The largest absolute Gasteiger partial charge is 0.338 e. The van der Waals surface area contributed by atoms with E-state index < -0.39 is 0 Å². The number of hydrogen-bond donors (Lipinski definition) is 0. The van der Waals surface area contributed by atoms with Crippen LogP contribution in [0.2, 0.25) is 5.02 Å². The van der Waals surface area contributed by atoms with Crippen LogP contribution >= 0.6 is 27.5 Å². The molecule has 3 nitrogen and oxygen atoms in total. The Kier molecular flexibility index (Phi) is 5.77. The molecule has 0 saturated heterocycles. The van der Waals surface area contributed by atoms with Crippen LogP contribution in [-0.4, -0.2) is 34.2 Å². The molecule has 0 spiro atoms. The lowest BCUT2D eigenvalue weighted by Gasteiger charge is -2.21. The average Bonchev–Trinajstić information content (AvgIpc) is 2.28. The van der Waals surface area contributed by atoms with Gasteiger partial charge in [-0.25, -0.2) is 0 Å². The topological polar surface area (TPSA) is 33.2 Å². The summed E-state index contributed by atoms with van der Waals surface area (Å²) < 4.78 is 0. The summed E-state index contributed by atoms with van der Waals surface area (Å²) in [6.45, 7) is 3.47. The molecule has 0 unspecified atom stereocenters. The maximum atomic E-state index is 12.1. The van der Waals surface area contributed by atoms with Crippen LogP contribution in [0.1, 0.15) is 23.7 Å². The van der Waals surface area contributed by atoms with Crippen LogP contribution in [0.4, 0.5) is 0 Å². The van der Waals surface area contributed by atoms with Gasteiger partial charge in [0.2, 0.25) is 0 Å². The summed E-state index contributed by atoms with van der Waals surface area (Å²) in [7, 11) is 0. The van der Waals surface area contributed by atoms with E-state index in [0.717, 1.165) is 18.3 Å². The molecule has 0 aliphatic heterocycles. The van der Waals surface area contributed by atoms with Crippen LogP contribution in [0.15, 0.2) is 18.5 Å². The molecular weight excluding hydrogens is 291 g/mol. The Morgan fingerprint density at radius 3 is 2.88 bits per heavy atom. The summed E-state index contributed by atoms with van der Waals surface area (Å²) in [6, 6.07) is 1.65. The van der Waals surface area contributed by atoms with Crippen molar-refractivity contribution >= 4 is 33.4 Å². The summed E-state index contributed by atoms with van der Waals surface area (Å²) in [4.78, 5) is 17.8. The van der Waals surface area contributed by atoms with Gasteiger partial charge in [0, 0.05) is 30.8 Å². The van der Waals surface area contributed by atoms with Gasteiger partial charge in [0.05, 0.1) is 10.6 Å². The van der Waals surface area contributed by atoms with Crippen molar-refractivity contribution < 1.29 is 4.79 Å². The Morgan fingerprint density at radius 1 is 1.56 bits per heavy atom. The van der Waals surface area contributed by atoms with Crippen LogP contribution < -0.4 is 0 Å². The molecule has 5 heteroatoms. The van der Waals surface area contributed by atoms with Crippen LogP contribution in [0.25, 0.3) is 0 Å². The minimum Gasteiger partial charge on any atom is -0.338 e. The second-order valence-electron chi connectivity index (χ2n) is 3.34. The highest BCUT2D eigenvalue weighted by Crippen LogP contribution is 2.16. The average molecular weight is 306 g/mol. The first kappa shape index (κ1) is 13.5. The van der Waals surface area contributed by atoms with Crippen molar-refractivity contribution in [2.75, 3.05) is 18.4 Å². The Bertz CT molecular complexity index is 354. The predicted molar refractivity (Wildman–Crippen MR) is 69.2 cm³/mol. The molecule has 0 fully saturated rings. The van der Waals surface area contributed by atoms with Crippen molar-refractivity contribution in [3.05, 3.63) is 29.0 Å². The van der Waals surface area contributed by atoms with E-state index in [1.54, 1.807) is 17.2 Å². The molecule has 1 aromatic rings. The number of nitrogens with zero attached hydrogens (tertiary/aromatic N) is 2. The first-order valence-corrected chi connectivity index (χ1v) is 6.65. The van der Waals surface area contributed by atoms with Gasteiger partial charge in [-0.1, -0.05) is 34.5 Å². The number of hydrogen-bond acceptors (Lipinski definition) is 2. The molecule has 0 aromatic carbocycles. The van der Waals surface area contributed by atoms with Gasteiger partial charge in [-0.2, -0.15) is 0 Å². The Labute approximate surface area is 109 Å². The standard InChI is InChI=1S/C11H14BrClN2O/c1-2-6-15(7-4-12)11(16)9-3-5-14-8-10(9)13/h3,5,8H,2,4,6-7H2,1H3. The Balaban J connectivity index is 2.85. The lowest BCUT2D eigenvalue weighted by Crippen LogP contribution is -2.33. The third-order valence-corrected chi connectivity index (χ3v) is 2.79. The lowest BCUT2D eigenvalue weighted by molar-refractivity contribution is 0.0766. The quantitative estimate of drug-likeness (QED) is 0.784. The molecule has 0 bridgehead atoms. The van der Waals surface area contributed by atoms with E-state index in [4.69, 9.17) is 11.6 Å². The highest BCUT2D eigenvalue weighted by molar-refractivity contribution is 9.09. The third-order valence-electron chi connectivity index (χ3n) is 2.14. The minimum atomic E-state index is -0.0336. The molecule has 1 rings (SSSR count). The number of rotatable bonds is 5. The molecular formula is C11H14BrClN2O. The fraction of sp³-hybridized carbons (Fsp3) is 0.455. The molecule has 1 aromatic heterocycles. The zero-order valence-corrected chi connectivity index (χ0v) is 11.5. The zero-order valence-electron chi connectivity index (χ0n) is 9.12. The van der Waals surface area contributed by atoms with Crippen molar-refractivity contribution in [3.8, 4) is 0 Å². The Hall–Kier alpha value is -0.610. The molecule has 0 radical (unpaired) electrons. The van der Waals surface area contributed by atoms with E-state index in [0.29, 0.717) is 17.1 Å². The smallest absolute Gasteiger partial charge is 0.255 e. The summed E-state index contributed by atoms with van der Waals surface area (Å²) in [5.74, 6) is -0.0336. The first-order valence-electron chi connectivity index (χ1n) is 5.15. The van der Waals surface area contributed by atoms with Gasteiger partial charge in [0.15, 0.2) is 0 Å². The van der Waals surface area contributed by atoms with Gasteiger partial charge in [-0.3, -0.25) is 9.78 Å². The minimum absolute atomic E-state index is 0.0336. The summed E-state index contributed by atoms with van der Waals surface area (Å²) >= 11 is 9.28. The molecule has 0 atom stereocenters. The number of pyridine rings is 1. The summed E-state index contributed by atoms with van der Waals surface area (Å²) in [6.07, 6.45) is 4.01. The van der Waals surface area contributed by atoms with Crippen molar-refractivity contribution in [3.63, 3.8) is 0 Å². The van der Waals surface area contributed by atoms with Crippen LogP contribution in [-0.2, 0) is 0 Å². The maximum Gasteiger partial charge on any atom is 0.255 e. The van der Waals surface area contributed by atoms with E-state index in [-0.39, 0.29) is 5.91 Å². The van der Waals surface area contributed by atoms with Gasteiger partial charge in [-0.05, 0) is 12.5 Å². The van der Waals surface area contributed by atoms with E-state index >= 15 is 0 Å². The van der Waals surface area contributed by atoms with Gasteiger partial charge < -0.3 is 4.90 Å². The van der Waals surface area contributed by atoms with Crippen molar-refractivity contribution in [2.24, 2.45) is 0 Å². The Morgan fingerprint density at radius 2 is 2.31 bits per heavy atom. The molecule has 0 N–H and O–H groups in total. The van der Waals surface area contributed by atoms with Gasteiger partial charge in [0.25, 0.3) is 5.91 Å². The number of alkyl halides is 1. The highest BCUT2D eigenvalue weighted by atomic mass is 79.9. The number of halogens is 2. The van der Waals surface area contributed by atoms with Crippen molar-refractivity contribution in [2.45, 2.75) is 13.3 Å². The number of carbonyl (C=O) groups is 1. The second kappa shape index (κ2) is 6.86. The molecule has 0 aliphatic rings. The molecule has 88 valence electrons. The zero-order chi connectivity index (χ0) is 12.0. The van der Waals surface area contributed by atoms with Crippen LogP contribution in [0, 0.1) is 0 Å². The van der Waals surface area contributed by atoms with E-state index in [9.17, 15) is 4.79 Å². The molecule has 1 heterocycles. The van der Waals surface area contributed by atoms with E-state index in [2.05, 4.69) is 20.9 Å². The highest BCUT2D eigenvalue weighted by Gasteiger charge is 2.16. The van der Waals surface area contributed by atoms with Crippen molar-refractivity contribution in [1.82, 2.24) is 9.88 Å². The van der Waals surface area contributed by atoms with Gasteiger partial charge in [0.1, 0.15) is 0 Å². The third kappa shape index (κ3) is 3.46. The number of amides is 1. The predicted octanol–water partition coefficient (Wildman–Crippen LogP) is 2.98. The first-order chi connectivity index (χ1) is 7.70. The van der Waals surface area contributed by atoms with Crippen LogP contribution in [0.3, 0.4) is 0 Å². The number of aromatic nitrogens is 1. The number of carbonyl (C=O) groups excluding carboxylic acids is 1. The monoisotopic (exact) mass is 304 g/mol. The van der Waals surface area contributed by atoms with Gasteiger partial charge in [-0.15, -0.1) is 0 Å². The molecule has 0 saturated carbocycles. The lowest BCUT2D eigenvalue weighted by atomic mass is 10.2. The van der Waals surface area contributed by atoms with Gasteiger partial charge >= 0.3 is 0 Å².